The van der Waals surface area contributed by atoms with Gasteiger partial charge in [-0.15, -0.1) is 0 Å². The molecule has 29 heavy (non-hydrogen) atoms. The summed E-state index contributed by atoms with van der Waals surface area (Å²) in [5.41, 5.74) is 1.71. The third-order valence-electron chi connectivity index (χ3n) is 4.36. The minimum atomic E-state index is -0.504. The van der Waals surface area contributed by atoms with Gasteiger partial charge in [-0.2, -0.15) is 0 Å². The molecular weight excluding hydrogens is 370 g/mol. The van der Waals surface area contributed by atoms with Crippen LogP contribution in [0.2, 0.25) is 0 Å². The molecule has 2 amide bonds. The molecule has 3 N–H and O–H groups in total. The van der Waals surface area contributed by atoms with Gasteiger partial charge in [0.1, 0.15) is 5.60 Å². The lowest BCUT2D eigenvalue weighted by Gasteiger charge is -2.29. The lowest BCUT2D eigenvalue weighted by atomic mass is 10.0. The molecule has 1 aliphatic heterocycles. The summed E-state index contributed by atoms with van der Waals surface area (Å²) >= 11 is 0. The van der Waals surface area contributed by atoms with Gasteiger partial charge in [-0.3, -0.25) is 9.79 Å². The van der Waals surface area contributed by atoms with Crippen molar-refractivity contribution in [1.29, 1.82) is 0 Å². The molecule has 2 rings (SSSR count). The Morgan fingerprint density at radius 2 is 1.86 bits per heavy atom. The molecule has 1 heterocycles. The van der Waals surface area contributed by atoms with Crippen molar-refractivity contribution < 1.29 is 14.3 Å². The van der Waals surface area contributed by atoms with Gasteiger partial charge in [-0.25, -0.2) is 4.79 Å². The summed E-state index contributed by atoms with van der Waals surface area (Å²) in [5.74, 6) is 0.576. The molecule has 1 aromatic carbocycles. The number of alkyl carbamates (subject to hydrolysis) is 1. The molecule has 0 fully saturated rings. The Morgan fingerprint density at radius 3 is 2.59 bits per heavy atom. The summed E-state index contributed by atoms with van der Waals surface area (Å²) in [6, 6.07) is 8.04. The van der Waals surface area contributed by atoms with Crippen molar-refractivity contribution in [2.24, 2.45) is 4.99 Å². The minimum Gasteiger partial charge on any atom is -0.444 e. The number of aliphatic imine (C=N–C) groups is 1. The number of para-hydroxylation sites is 1. The highest BCUT2D eigenvalue weighted by Crippen LogP contribution is 2.26. The standard InChI is InChI=1S/C21H33N5O3/c1-21(2,3)29-20(28)24-13-8-12-23-19(22-4)25-15-18(27)26-14-7-10-16-9-5-6-11-17(16)26/h5-6,9,11H,7-8,10,12-15H2,1-4H3,(H,24,28)(H2,22,23,25). The summed E-state index contributed by atoms with van der Waals surface area (Å²) in [6.45, 7) is 7.48. The average molecular weight is 404 g/mol. The maximum Gasteiger partial charge on any atom is 0.407 e. The van der Waals surface area contributed by atoms with E-state index in [0.717, 1.165) is 25.1 Å². The van der Waals surface area contributed by atoms with E-state index in [-0.39, 0.29) is 12.5 Å². The van der Waals surface area contributed by atoms with Crippen LogP contribution in [0.15, 0.2) is 29.3 Å². The van der Waals surface area contributed by atoms with Crippen LogP contribution in [-0.4, -0.2) is 56.8 Å². The van der Waals surface area contributed by atoms with Crippen LogP contribution in [0.4, 0.5) is 10.5 Å². The summed E-state index contributed by atoms with van der Waals surface area (Å²) < 4.78 is 5.19. The molecule has 160 valence electrons. The van der Waals surface area contributed by atoms with E-state index in [2.05, 4.69) is 27.0 Å². The second-order valence-electron chi connectivity index (χ2n) is 7.91. The molecule has 0 atom stereocenters. The van der Waals surface area contributed by atoms with E-state index in [1.807, 2.05) is 43.9 Å². The normalized spacial score (nSPS) is 14.1. The van der Waals surface area contributed by atoms with Gasteiger partial charge in [0.2, 0.25) is 5.91 Å². The molecule has 8 heteroatoms. The number of carbonyl (C=O) groups is 2. The Balaban J connectivity index is 1.69. The monoisotopic (exact) mass is 403 g/mol. The first-order chi connectivity index (χ1) is 13.8. The number of ether oxygens (including phenoxy) is 1. The van der Waals surface area contributed by atoms with Crippen LogP contribution in [0.25, 0.3) is 0 Å². The fraction of sp³-hybridized carbons (Fsp3) is 0.571. The number of aryl methyl sites for hydroxylation is 1. The third-order valence-corrected chi connectivity index (χ3v) is 4.36. The van der Waals surface area contributed by atoms with Crippen molar-refractivity contribution in [1.82, 2.24) is 16.0 Å². The van der Waals surface area contributed by atoms with E-state index in [1.54, 1.807) is 7.05 Å². The van der Waals surface area contributed by atoms with Crippen LogP contribution in [0, 0.1) is 0 Å². The zero-order valence-corrected chi connectivity index (χ0v) is 17.9. The third kappa shape index (κ3) is 7.63. The van der Waals surface area contributed by atoms with Crippen LogP contribution in [0.3, 0.4) is 0 Å². The number of hydrogen-bond donors (Lipinski definition) is 3. The number of fused-ring (bicyclic) bond motifs is 1. The predicted molar refractivity (Wildman–Crippen MR) is 115 cm³/mol. The van der Waals surface area contributed by atoms with Gasteiger partial charge in [-0.1, -0.05) is 18.2 Å². The van der Waals surface area contributed by atoms with Gasteiger partial charge in [0.15, 0.2) is 5.96 Å². The van der Waals surface area contributed by atoms with E-state index in [4.69, 9.17) is 4.74 Å². The lowest BCUT2D eigenvalue weighted by molar-refractivity contribution is -0.117. The van der Waals surface area contributed by atoms with Crippen molar-refractivity contribution in [2.75, 3.05) is 38.1 Å². The molecule has 8 nitrogen and oxygen atoms in total. The summed E-state index contributed by atoms with van der Waals surface area (Å²) in [7, 11) is 1.66. The van der Waals surface area contributed by atoms with E-state index < -0.39 is 11.7 Å². The van der Waals surface area contributed by atoms with Crippen LogP contribution in [0.5, 0.6) is 0 Å². The second kappa shape index (κ2) is 10.7. The smallest absolute Gasteiger partial charge is 0.407 e. The molecular formula is C21H33N5O3. The number of benzene rings is 1. The number of anilines is 1. The molecule has 1 aromatic rings. The first-order valence-electron chi connectivity index (χ1n) is 10.1. The lowest BCUT2D eigenvalue weighted by Crippen LogP contribution is -2.46. The number of rotatable bonds is 6. The van der Waals surface area contributed by atoms with Crippen molar-refractivity contribution in [3.05, 3.63) is 29.8 Å². The van der Waals surface area contributed by atoms with Crippen LogP contribution in [-0.2, 0) is 16.0 Å². The van der Waals surface area contributed by atoms with Gasteiger partial charge >= 0.3 is 6.09 Å². The molecule has 0 radical (unpaired) electrons. The first-order valence-corrected chi connectivity index (χ1v) is 10.1. The van der Waals surface area contributed by atoms with Gasteiger partial charge in [-0.05, 0) is 51.7 Å². The van der Waals surface area contributed by atoms with Crippen LogP contribution in [0.1, 0.15) is 39.2 Å². The van der Waals surface area contributed by atoms with Crippen LogP contribution < -0.4 is 20.9 Å². The number of amides is 2. The maximum absolute atomic E-state index is 12.7. The Bertz CT molecular complexity index is 727. The highest BCUT2D eigenvalue weighted by atomic mass is 16.6. The molecule has 0 aromatic heterocycles. The van der Waals surface area contributed by atoms with Gasteiger partial charge in [0, 0.05) is 32.4 Å². The Labute approximate surface area is 173 Å². The summed E-state index contributed by atoms with van der Waals surface area (Å²) in [4.78, 5) is 30.2. The minimum absolute atomic E-state index is 0.0201. The van der Waals surface area contributed by atoms with Gasteiger partial charge < -0.3 is 25.6 Å². The zero-order valence-electron chi connectivity index (χ0n) is 17.9. The SMILES string of the molecule is CN=C(NCCCNC(=O)OC(C)(C)C)NCC(=O)N1CCCc2ccccc21. The van der Waals surface area contributed by atoms with E-state index in [0.29, 0.717) is 25.5 Å². The largest absolute Gasteiger partial charge is 0.444 e. The quantitative estimate of drug-likeness (QED) is 0.384. The summed E-state index contributed by atoms with van der Waals surface area (Å²) in [5, 5.41) is 8.92. The number of hydrogen-bond acceptors (Lipinski definition) is 4. The van der Waals surface area contributed by atoms with Crippen LogP contribution >= 0.6 is 0 Å². The van der Waals surface area contributed by atoms with Crippen molar-refractivity contribution in [2.45, 2.75) is 45.6 Å². The Morgan fingerprint density at radius 1 is 1.14 bits per heavy atom. The van der Waals surface area contributed by atoms with E-state index >= 15 is 0 Å². The molecule has 1 aliphatic rings. The topological polar surface area (TPSA) is 95.1 Å². The number of guanidine groups is 1. The average Bonchev–Trinajstić information content (AvgIpc) is 2.68. The summed E-state index contributed by atoms with van der Waals surface area (Å²) in [6.07, 6.45) is 2.26. The fourth-order valence-electron chi connectivity index (χ4n) is 3.07. The molecule has 0 saturated carbocycles. The zero-order chi connectivity index (χ0) is 21.3. The van der Waals surface area contributed by atoms with Crippen molar-refractivity contribution >= 4 is 23.6 Å². The number of carbonyl (C=O) groups excluding carboxylic acids is 2. The maximum atomic E-state index is 12.7. The van der Waals surface area contributed by atoms with E-state index in [9.17, 15) is 9.59 Å². The molecule has 0 unspecified atom stereocenters. The van der Waals surface area contributed by atoms with Gasteiger partial charge in [0.05, 0.1) is 6.54 Å². The molecule has 0 aliphatic carbocycles. The fourth-order valence-corrected chi connectivity index (χ4v) is 3.07. The Kier molecular flexibility index (Phi) is 8.30. The molecule has 0 spiro atoms. The second-order valence-corrected chi connectivity index (χ2v) is 7.91. The van der Waals surface area contributed by atoms with Crippen molar-refractivity contribution in [3.8, 4) is 0 Å². The Hall–Kier alpha value is -2.77. The first kappa shape index (κ1) is 22.5. The molecule has 0 saturated heterocycles. The number of nitrogens with one attached hydrogen (secondary N) is 3. The van der Waals surface area contributed by atoms with Crippen molar-refractivity contribution in [3.63, 3.8) is 0 Å². The van der Waals surface area contributed by atoms with Gasteiger partial charge in [0.25, 0.3) is 0 Å². The molecule has 0 bridgehead atoms. The number of nitrogens with zero attached hydrogens (tertiary/aromatic N) is 2. The van der Waals surface area contributed by atoms with E-state index in [1.165, 1.54) is 5.56 Å². The highest BCUT2D eigenvalue weighted by Gasteiger charge is 2.22. The highest BCUT2D eigenvalue weighted by molar-refractivity contribution is 5.98. The predicted octanol–water partition coefficient (Wildman–Crippen LogP) is 2.05.